The summed E-state index contributed by atoms with van der Waals surface area (Å²) in [6.45, 7) is 8.44. The molecule has 0 saturated carbocycles. The van der Waals surface area contributed by atoms with Crippen LogP contribution >= 0.6 is 0 Å². The van der Waals surface area contributed by atoms with Crippen molar-refractivity contribution in [3.05, 3.63) is 41.1 Å². The van der Waals surface area contributed by atoms with E-state index in [-0.39, 0.29) is 11.1 Å². The fraction of sp³-hybridized carbons (Fsp3) is 0.333. The van der Waals surface area contributed by atoms with Gasteiger partial charge in [0.2, 0.25) is 0 Å². The summed E-state index contributed by atoms with van der Waals surface area (Å²) in [6, 6.07) is 7.79. The highest BCUT2D eigenvalue weighted by Crippen LogP contribution is 2.29. The van der Waals surface area contributed by atoms with Crippen LogP contribution in [0.4, 0.5) is 0 Å². The van der Waals surface area contributed by atoms with Gasteiger partial charge in [-0.2, -0.15) is 5.10 Å². The van der Waals surface area contributed by atoms with Crippen molar-refractivity contribution in [2.45, 2.75) is 33.1 Å². The molecule has 2 N–H and O–H groups in total. The van der Waals surface area contributed by atoms with E-state index in [2.05, 4.69) is 43.1 Å². The second kappa shape index (κ2) is 4.53. The third-order valence-corrected chi connectivity index (χ3v) is 3.19. The number of aromatic carboxylic acids is 1. The molecule has 1 aromatic carbocycles. The molecule has 0 fully saturated rings. The van der Waals surface area contributed by atoms with Crippen LogP contribution in [0.15, 0.2) is 24.3 Å². The Balaban J connectivity index is 2.51. The lowest BCUT2D eigenvalue weighted by atomic mass is 9.85. The summed E-state index contributed by atoms with van der Waals surface area (Å²) in [5, 5.41) is 15.6. The molecule has 0 saturated heterocycles. The molecule has 4 nitrogen and oxygen atoms in total. The van der Waals surface area contributed by atoms with Crippen molar-refractivity contribution in [2.75, 3.05) is 0 Å². The third-order valence-electron chi connectivity index (χ3n) is 3.19. The molecule has 0 aliphatic heterocycles. The molecule has 0 unspecified atom stereocenters. The minimum absolute atomic E-state index is 0.0500. The lowest BCUT2D eigenvalue weighted by Gasteiger charge is -2.20. The molecule has 0 radical (unpaired) electrons. The van der Waals surface area contributed by atoms with Crippen LogP contribution < -0.4 is 0 Å². The maximum absolute atomic E-state index is 10.9. The number of H-pyrrole nitrogens is 1. The molecular formula is C15H18N2O2. The summed E-state index contributed by atoms with van der Waals surface area (Å²) < 4.78 is 0. The number of carboxylic acids is 1. The van der Waals surface area contributed by atoms with Crippen LogP contribution in [0.2, 0.25) is 0 Å². The summed E-state index contributed by atoms with van der Waals surface area (Å²) in [5.74, 6) is -0.997. The SMILES string of the molecule is Cc1ccc(C(C)(C)C)cc1-c1cc(C(=O)O)[nH]n1. The first-order valence-corrected chi connectivity index (χ1v) is 6.19. The molecule has 1 heterocycles. The van der Waals surface area contributed by atoms with Crippen molar-refractivity contribution in [1.29, 1.82) is 0 Å². The van der Waals surface area contributed by atoms with Gasteiger partial charge in [0.15, 0.2) is 0 Å². The van der Waals surface area contributed by atoms with E-state index in [1.165, 1.54) is 5.56 Å². The number of hydrogen-bond donors (Lipinski definition) is 2. The molecule has 0 aliphatic rings. The van der Waals surface area contributed by atoms with Crippen LogP contribution in [0.25, 0.3) is 11.3 Å². The number of carboxylic acid groups (broad SMARTS) is 1. The molecule has 1 aromatic heterocycles. The zero-order valence-electron chi connectivity index (χ0n) is 11.6. The molecular weight excluding hydrogens is 240 g/mol. The second-order valence-corrected chi connectivity index (χ2v) is 5.75. The minimum atomic E-state index is -0.997. The van der Waals surface area contributed by atoms with E-state index >= 15 is 0 Å². The fourth-order valence-corrected chi connectivity index (χ4v) is 1.93. The molecule has 0 amide bonds. The Kier molecular flexibility index (Phi) is 3.18. The monoisotopic (exact) mass is 258 g/mol. The van der Waals surface area contributed by atoms with Crippen molar-refractivity contribution in [3.8, 4) is 11.3 Å². The number of aromatic amines is 1. The largest absolute Gasteiger partial charge is 0.477 e. The van der Waals surface area contributed by atoms with Gasteiger partial charge in [0.05, 0.1) is 5.69 Å². The standard InChI is InChI=1S/C15H18N2O2/c1-9-5-6-10(15(2,3)4)7-11(9)12-8-13(14(18)19)17-16-12/h5-8H,1-4H3,(H,16,17)(H,18,19). The Morgan fingerprint density at radius 2 is 1.95 bits per heavy atom. The molecule has 2 aromatic rings. The molecule has 0 aliphatic carbocycles. The number of nitrogens with zero attached hydrogens (tertiary/aromatic N) is 1. The maximum Gasteiger partial charge on any atom is 0.353 e. The molecule has 4 heteroatoms. The average Bonchev–Trinajstić information content (AvgIpc) is 2.77. The van der Waals surface area contributed by atoms with Crippen molar-refractivity contribution >= 4 is 5.97 Å². The van der Waals surface area contributed by atoms with Crippen LogP contribution in [-0.2, 0) is 5.41 Å². The first kappa shape index (κ1) is 13.3. The number of hydrogen-bond acceptors (Lipinski definition) is 2. The zero-order valence-corrected chi connectivity index (χ0v) is 11.6. The number of benzene rings is 1. The first-order valence-electron chi connectivity index (χ1n) is 6.19. The normalized spacial score (nSPS) is 11.6. The summed E-state index contributed by atoms with van der Waals surface area (Å²) in [6.07, 6.45) is 0. The van der Waals surface area contributed by atoms with E-state index in [4.69, 9.17) is 5.11 Å². The summed E-state index contributed by atoms with van der Waals surface area (Å²) in [4.78, 5) is 10.9. The van der Waals surface area contributed by atoms with Crippen LogP contribution in [0.1, 0.15) is 42.4 Å². The average molecular weight is 258 g/mol. The summed E-state index contributed by atoms with van der Waals surface area (Å²) in [5.41, 5.74) is 4.08. The quantitative estimate of drug-likeness (QED) is 0.867. The first-order chi connectivity index (χ1) is 8.79. The van der Waals surface area contributed by atoms with Crippen LogP contribution in [0, 0.1) is 6.92 Å². The van der Waals surface area contributed by atoms with Crippen molar-refractivity contribution in [1.82, 2.24) is 10.2 Å². The van der Waals surface area contributed by atoms with Crippen molar-refractivity contribution in [2.24, 2.45) is 0 Å². The number of aryl methyl sites for hydroxylation is 1. The van der Waals surface area contributed by atoms with Crippen LogP contribution in [0.3, 0.4) is 0 Å². The predicted octanol–water partition coefficient (Wildman–Crippen LogP) is 3.38. The smallest absolute Gasteiger partial charge is 0.353 e. The van der Waals surface area contributed by atoms with E-state index in [9.17, 15) is 4.79 Å². The van der Waals surface area contributed by atoms with Gasteiger partial charge in [-0.15, -0.1) is 0 Å². The molecule has 19 heavy (non-hydrogen) atoms. The third kappa shape index (κ3) is 2.67. The molecule has 2 rings (SSSR count). The Morgan fingerprint density at radius 3 is 2.47 bits per heavy atom. The number of aromatic nitrogens is 2. The molecule has 0 spiro atoms. The van der Waals surface area contributed by atoms with Crippen LogP contribution in [0.5, 0.6) is 0 Å². The highest BCUT2D eigenvalue weighted by molar-refractivity contribution is 5.87. The predicted molar refractivity (Wildman–Crippen MR) is 74.4 cm³/mol. The lowest BCUT2D eigenvalue weighted by Crippen LogP contribution is -2.11. The minimum Gasteiger partial charge on any atom is -0.477 e. The molecule has 100 valence electrons. The molecule has 0 atom stereocenters. The van der Waals surface area contributed by atoms with Crippen LogP contribution in [-0.4, -0.2) is 21.3 Å². The van der Waals surface area contributed by atoms with Gasteiger partial charge in [0.1, 0.15) is 5.69 Å². The van der Waals surface area contributed by atoms with Gasteiger partial charge in [0.25, 0.3) is 0 Å². The lowest BCUT2D eigenvalue weighted by molar-refractivity contribution is 0.0690. The maximum atomic E-state index is 10.9. The van der Waals surface area contributed by atoms with Gasteiger partial charge < -0.3 is 5.11 Å². The summed E-state index contributed by atoms with van der Waals surface area (Å²) >= 11 is 0. The Labute approximate surface area is 112 Å². The Morgan fingerprint density at radius 1 is 1.26 bits per heavy atom. The Bertz CT molecular complexity index is 621. The van der Waals surface area contributed by atoms with Gasteiger partial charge in [-0.3, -0.25) is 5.10 Å². The van der Waals surface area contributed by atoms with E-state index in [0.717, 1.165) is 11.1 Å². The number of nitrogens with one attached hydrogen (secondary N) is 1. The van der Waals surface area contributed by atoms with Gasteiger partial charge in [0, 0.05) is 5.56 Å². The van der Waals surface area contributed by atoms with E-state index in [0.29, 0.717) is 5.69 Å². The van der Waals surface area contributed by atoms with Crippen molar-refractivity contribution < 1.29 is 9.90 Å². The summed E-state index contributed by atoms with van der Waals surface area (Å²) in [7, 11) is 0. The Hall–Kier alpha value is -2.10. The van der Waals surface area contributed by atoms with E-state index in [1.54, 1.807) is 6.07 Å². The highest BCUT2D eigenvalue weighted by Gasteiger charge is 2.17. The van der Waals surface area contributed by atoms with E-state index < -0.39 is 5.97 Å². The van der Waals surface area contributed by atoms with E-state index in [1.807, 2.05) is 13.0 Å². The van der Waals surface area contributed by atoms with Gasteiger partial charge in [-0.05, 0) is 35.6 Å². The van der Waals surface area contributed by atoms with Crippen molar-refractivity contribution in [3.63, 3.8) is 0 Å². The highest BCUT2D eigenvalue weighted by atomic mass is 16.4. The van der Waals surface area contributed by atoms with Gasteiger partial charge in [-0.25, -0.2) is 4.79 Å². The fourth-order valence-electron chi connectivity index (χ4n) is 1.93. The zero-order chi connectivity index (χ0) is 14.2. The molecule has 0 bridgehead atoms. The van der Waals surface area contributed by atoms with Gasteiger partial charge in [-0.1, -0.05) is 32.9 Å². The topological polar surface area (TPSA) is 66.0 Å². The number of rotatable bonds is 2. The van der Waals surface area contributed by atoms with Gasteiger partial charge >= 0.3 is 5.97 Å². The number of carbonyl (C=O) groups is 1. The second-order valence-electron chi connectivity index (χ2n) is 5.75.